The highest BCUT2D eigenvalue weighted by Gasteiger charge is 2.65. The molecule has 2 amide bonds. The van der Waals surface area contributed by atoms with Crippen molar-refractivity contribution in [3.05, 3.63) is 35.1 Å². The molecule has 0 spiro atoms. The molecule has 5 heteroatoms. The van der Waals surface area contributed by atoms with Crippen LogP contribution in [0.5, 0.6) is 0 Å². The van der Waals surface area contributed by atoms with Crippen molar-refractivity contribution in [1.29, 1.82) is 0 Å². The Labute approximate surface area is 153 Å². The van der Waals surface area contributed by atoms with E-state index in [4.69, 9.17) is 0 Å². The van der Waals surface area contributed by atoms with Crippen molar-refractivity contribution in [2.24, 2.45) is 23.7 Å². The maximum Gasteiger partial charge on any atom is 0.273 e. The topological polar surface area (TPSA) is 40.6 Å². The molecular weight excluding hydrogens is 331 g/mol. The lowest BCUT2D eigenvalue weighted by Gasteiger charge is -2.59. The number of hydrazine groups is 1. The molecule has 0 N–H and O–H groups in total. The van der Waals surface area contributed by atoms with E-state index in [1.807, 2.05) is 0 Å². The highest BCUT2D eigenvalue weighted by Crippen LogP contribution is 2.61. The fraction of sp³-hybridized carbons (Fsp3) is 0.619. The number of carbonyl (C=O) groups excluding carboxylic acids is 2. The summed E-state index contributed by atoms with van der Waals surface area (Å²) < 4.78 is 14.0. The summed E-state index contributed by atoms with van der Waals surface area (Å²) in [7, 11) is 0. The minimum atomic E-state index is -0.865. The average molecular weight is 356 g/mol. The third-order valence-corrected chi connectivity index (χ3v) is 7.46. The number of halogens is 1. The van der Waals surface area contributed by atoms with Crippen LogP contribution in [0.3, 0.4) is 0 Å². The number of carbonyl (C=O) groups is 2. The Kier molecular flexibility index (Phi) is 3.18. The highest BCUT2D eigenvalue weighted by molar-refractivity contribution is 6.05. The van der Waals surface area contributed by atoms with E-state index in [-0.39, 0.29) is 23.7 Å². The Morgan fingerprint density at radius 3 is 2.62 bits per heavy atom. The second-order valence-electron chi connectivity index (χ2n) is 9.22. The number of benzene rings is 1. The van der Waals surface area contributed by atoms with Crippen molar-refractivity contribution in [3.63, 3.8) is 0 Å². The molecule has 26 heavy (non-hydrogen) atoms. The zero-order chi connectivity index (χ0) is 18.4. The molecule has 4 saturated carbocycles. The molecule has 4 nitrogen and oxygen atoms in total. The van der Waals surface area contributed by atoms with E-state index in [9.17, 15) is 14.0 Å². The number of hydrogen-bond donors (Lipinski definition) is 0. The third-order valence-electron chi connectivity index (χ3n) is 7.46. The standard InChI is InChI=1S/C21H25FN2O2/c1-11-15(5-4-6-17(11)22)19(25)24-21(2,3)20(26)23(24)18-14-8-12-7-13(10-14)16(18)9-12/h4-6,12-14,16,18H,7-10H2,1-3H3. The Hall–Kier alpha value is -1.91. The van der Waals surface area contributed by atoms with Crippen molar-refractivity contribution in [2.75, 3.05) is 0 Å². The summed E-state index contributed by atoms with van der Waals surface area (Å²) in [5, 5.41) is 3.37. The second-order valence-corrected chi connectivity index (χ2v) is 9.22. The van der Waals surface area contributed by atoms with E-state index >= 15 is 0 Å². The minimum Gasteiger partial charge on any atom is -0.270 e. The summed E-state index contributed by atoms with van der Waals surface area (Å²) in [6, 6.07) is 4.74. The van der Waals surface area contributed by atoms with Crippen LogP contribution >= 0.6 is 0 Å². The maximum absolute atomic E-state index is 14.0. The molecular formula is C21H25FN2O2. The van der Waals surface area contributed by atoms with Crippen LogP contribution in [0.2, 0.25) is 0 Å². The van der Waals surface area contributed by atoms with Crippen LogP contribution in [0.25, 0.3) is 0 Å². The van der Waals surface area contributed by atoms with Gasteiger partial charge in [-0.3, -0.25) is 9.59 Å². The van der Waals surface area contributed by atoms with Crippen LogP contribution < -0.4 is 0 Å². The average Bonchev–Trinajstić information content (AvgIpc) is 3.01. The van der Waals surface area contributed by atoms with E-state index < -0.39 is 5.54 Å². The van der Waals surface area contributed by atoms with Crippen LogP contribution in [0.4, 0.5) is 4.39 Å². The summed E-state index contributed by atoms with van der Waals surface area (Å²) in [5.74, 6) is 1.96. The first-order valence-electron chi connectivity index (χ1n) is 9.74. The van der Waals surface area contributed by atoms with Crippen LogP contribution in [-0.2, 0) is 4.79 Å². The molecule has 138 valence electrons. The lowest BCUT2D eigenvalue weighted by atomic mass is 9.77. The van der Waals surface area contributed by atoms with Crippen molar-refractivity contribution < 1.29 is 14.0 Å². The maximum atomic E-state index is 14.0. The van der Waals surface area contributed by atoms with Gasteiger partial charge in [0.2, 0.25) is 0 Å². The van der Waals surface area contributed by atoms with Crippen LogP contribution in [-0.4, -0.2) is 33.4 Å². The molecule has 1 aromatic carbocycles. The van der Waals surface area contributed by atoms with Gasteiger partial charge in [0.1, 0.15) is 11.4 Å². The van der Waals surface area contributed by atoms with Gasteiger partial charge in [0, 0.05) is 5.56 Å². The smallest absolute Gasteiger partial charge is 0.270 e. The van der Waals surface area contributed by atoms with E-state index in [1.54, 1.807) is 42.9 Å². The predicted octanol–water partition coefficient (Wildman–Crippen LogP) is 3.55. The van der Waals surface area contributed by atoms with Gasteiger partial charge in [-0.15, -0.1) is 0 Å². The van der Waals surface area contributed by atoms with Crippen LogP contribution in [0.1, 0.15) is 55.5 Å². The van der Waals surface area contributed by atoms with E-state index in [0.717, 1.165) is 5.92 Å². The first-order chi connectivity index (χ1) is 12.3. The van der Waals surface area contributed by atoms with Gasteiger partial charge in [0.05, 0.1) is 6.04 Å². The van der Waals surface area contributed by atoms with Gasteiger partial charge in [-0.05, 0) is 87.8 Å². The Balaban J connectivity index is 1.51. The fourth-order valence-electron chi connectivity index (χ4n) is 6.34. The summed E-state index contributed by atoms with van der Waals surface area (Å²) in [5.41, 5.74) is -0.167. The summed E-state index contributed by atoms with van der Waals surface area (Å²) in [4.78, 5) is 26.3. The van der Waals surface area contributed by atoms with Gasteiger partial charge in [-0.25, -0.2) is 14.4 Å². The number of hydrogen-bond acceptors (Lipinski definition) is 2. The monoisotopic (exact) mass is 356 g/mol. The lowest BCUT2D eigenvalue weighted by Crippen LogP contribution is -2.79. The SMILES string of the molecule is Cc1c(F)cccc1C(=O)N1N(C2C3CC4CC(C3)C2C4)C(=O)C1(C)C. The Bertz CT molecular complexity index is 816. The molecule has 5 aliphatic rings. The molecule has 5 unspecified atom stereocenters. The van der Waals surface area contributed by atoms with E-state index in [2.05, 4.69) is 0 Å². The van der Waals surface area contributed by atoms with Gasteiger partial charge in [-0.1, -0.05) is 6.07 Å². The number of rotatable bonds is 2. The molecule has 4 bridgehead atoms. The van der Waals surface area contributed by atoms with E-state index in [1.165, 1.54) is 31.7 Å². The first-order valence-corrected chi connectivity index (χ1v) is 9.74. The lowest BCUT2D eigenvalue weighted by molar-refractivity contribution is -0.216. The minimum absolute atomic E-state index is 0.0286. The van der Waals surface area contributed by atoms with Gasteiger partial charge in [-0.2, -0.15) is 0 Å². The van der Waals surface area contributed by atoms with E-state index in [0.29, 0.717) is 28.9 Å². The largest absolute Gasteiger partial charge is 0.273 e. The van der Waals surface area contributed by atoms with Gasteiger partial charge < -0.3 is 0 Å². The number of nitrogens with zero attached hydrogens (tertiary/aromatic N) is 2. The second kappa shape index (κ2) is 5.08. The fourth-order valence-corrected chi connectivity index (χ4v) is 6.34. The quantitative estimate of drug-likeness (QED) is 0.813. The third kappa shape index (κ3) is 1.89. The van der Waals surface area contributed by atoms with Crippen molar-refractivity contribution in [1.82, 2.24) is 10.0 Å². The molecule has 0 radical (unpaired) electrons. The van der Waals surface area contributed by atoms with Crippen LogP contribution in [0.15, 0.2) is 18.2 Å². The molecule has 6 rings (SSSR count). The van der Waals surface area contributed by atoms with Crippen LogP contribution in [0, 0.1) is 36.4 Å². The predicted molar refractivity (Wildman–Crippen MR) is 94.4 cm³/mol. The van der Waals surface area contributed by atoms with Gasteiger partial charge in [0.15, 0.2) is 0 Å². The molecule has 4 aliphatic carbocycles. The Morgan fingerprint density at radius 2 is 1.88 bits per heavy atom. The highest BCUT2D eigenvalue weighted by atomic mass is 19.1. The summed E-state index contributed by atoms with van der Waals surface area (Å²) in [6.07, 6.45) is 4.86. The van der Waals surface area contributed by atoms with Crippen molar-refractivity contribution in [2.45, 2.75) is 58.0 Å². The molecule has 1 aliphatic heterocycles. The molecule has 1 saturated heterocycles. The molecule has 5 fully saturated rings. The van der Waals surface area contributed by atoms with Gasteiger partial charge >= 0.3 is 0 Å². The Morgan fingerprint density at radius 1 is 1.15 bits per heavy atom. The first kappa shape index (κ1) is 16.3. The number of amides is 2. The summed E-state index contributed by atoms with van der Waals surface area (Å²) in [6.45, 7) is 5.21. The normalized spacial score (nSPS) is 36.6. The van der Waals surface area contributed by atoms with Crippen molar-refractivity contribution in [3.8, 4) is 0 Å². The molecule has 0 aromatic heterocycles. The molecule has 1 heterocycles. The molecule has 1 aromatic rings. The van der Waals surface area contributed by atoms with Gasteiger partial charge in [0.25, 0.3) is 11.8 Å². The summed E-state index contributed by atoms with van der Waals surface area (Å²) >= 11 is 0. The molecule has 5 atom stereocenters. The zero-order valence-electron chi connectivity index (χ0n) is 15.5. The van der Waals surface area contributed by atoms with Crippen molar-refractivity contribution >= 4 is 11.8 Å². The zero-order valence-corrected chi connectivity index (χ0v) is 15.5.